The molecule has 15 heteroatoms. The Morgan fingerprint density at radius 1 is 0.481 bits per heavy atom. The smallest absolute Gasteiger partial charge is 0.279 e. The van der Waals surface area contributed by atoms with Crippen molar-refractivity contribution in [2.45, 2.75) is 75.2 Å². The summed E-state index contributed by atoms with van der Waals surface area (Å²) in [6, 6.07) is 0. The van der Waals surface area contributed by atoms with Crippen molar-refractivity contribution in [3.8, 4) is 0 Å². The first-order chi connectivity index (χ1) is 11.5. The first-order valence-corrected chi connectivity index (χ1v) is 10.5. The molecule has 2 aliphatic rings. The van der Waals surface area contributed by atoms with E-state index in [1.807, 2.05) is 0 Å². The summed E-state index contributed by atoms with van der Waals surface area (Å²) >= 11 is 0. The molecule has 0 spiro atoms. The van der Waals surface area contributed by atoms with Gasteiger partial charge in [0.1, 0.15) is 0 Å². The van der Waals surface area contributed by atoms with E-state index in [9.17, 15) is 26.3 Å². The summed E-state index contributed by atoms with van der Waals surface area (Å²) < 4.78 is 115. The van der Waals surface area contributed by atoms with Crippen molar-refractivity contribution >= 4 is 20.2 Å². The number of hydrogen-bond acceptors (Lipinski definition) is 4. The van der Waals surface area contributed by atoms with Gasteiger partial charge >= 0.3 is 57.5 Å². The molecule has 0 amide bonds. The van der Waals surface area contributed by atoms with Crippen LogP contribution in [0.25, 0.3) is 0 Å². The summed E-state index contributed by atoms with van der Waals surface area (Å²) in [5, 5.41) is 0. The Morgan fingerprint density at radius 2 is 0.556 bits per heavy atom. The number of alkyl halides is 6. The minimum Gasteiger partial charge on any atom is -0.279 e. The third kappa shape index (κ3) is 19.4. The second-order valence-electron chi connectivity index (χ2n) is 5.38. The van der Waals surface area contributed by atoms with Gasteiger partial charge in [-0.2, -0.15) is 43.2 Å². The summed E-state index contributed by atoms with van der Waals surface area (Å²) in [5.41, 5.74) is -11.1. The van der Waals surface area contributed by atoms with Gasteiger partial charge in [0, 0.05) is 0 Å². The molecular formula is C12H22F6O6S2Zr+2. The second-order valence-corrected chi connectivity index (χ2v) is 8.20. The predicted molar refractivity (Wildman–Crippen MR) is 81.4 cm³/mol. The molecule has 0 atom stereocenters. The summed E-state index contributed by atoms with van der Waals surface area (Å²) in [7, 11) is -11.7. The van der Waals surface area contributed by atoms with Gasteiger partial charge in [0.25, 0.3) is 0 Å². The molecule has 2 N–H and O–H groups in total. The quantitative estimate of drug-likeness (QED) is 0.267. The molecule has 27 heavy (non-hydrogen) atoms. The molecule has 0 radical (unpaired) electrons. The van der Waals surface area contributed by atoms with Gasteiger partial charge in [-0.1, -0.05) is 64.2 Å². The molecule has 0 unspecified atom stereocenters. The van der Waals surface area contributed by atoms with E-state index in [2.05, 4.69) is 0 Å². The normalized spacial score (nSPS) is 17.2. The average Bonchev–Trinajstić information content (AvgIpc) is 3.15. The van der Waals surface area contributed by atoms with E-state index in [0.29, 0.717) is 0 Å². The van der Waals surface area contributed by atoms with Crippen LogP contribution in [0.5, 0.6) is 0 Å². The molecule has 0 saturated heterocycles. The van der Waals surface area contributed by atoms with Gasteiger partial charge in [0.15, 0.2) is 0 Å². The maximum atomic E-state index is 10.7. The Labute approximate surface area is 173 Å². The van der Waals surface area contributed by atoms with Crippen molar-refractivity contribution in [2.75, 3.05) is 0 Å². The van der Waals surface area contributed by atoms with Crippen LogP contribution in [0.15, 0.2) is 0 Å². The zero-order valence-corrected chi connectivity index (χ0v) is 18.3. The van der Waals surface area contributed by atoms with E-state index in [4.69, 9.17) is 25.9 Å². The summed E-state index contributed by atoms with van der Waals surface area (Å²) in [4.78, 5) is 0. The molecular weight excluding hydrogens is 509 g/mol. The SMILES string of the molecule is C1CCCC1.C1CCCC1.O=S(=O)(O)C(F)(F)F.O=S(=O)(O)C(F)(F)F.[Zr+2]. The monoisotopic (exact) mass is 530 g/mol. The fraction of sp³-hybridized carbons (Fsp3) is 1.00. The third-order valence-electron chi connectivity index (χ3n) is 3.08. The first kappa shape index (κ1) is 32.0. The Morgan fingerprint density at radius 3 is 0.593 bits per heavy atom. The van der Waals surface area contributed by atoms with Crippen LogP contribution in [0.4, 0.5) is 26.3 Å². The Hall–Kier alpha value is 0.283. The van der Waals surface area contributed by atoms with Crippen LogP contribution < -0.4 is 0 Å². The molecule has 2 saturated carbocycles. The Bertz CT molecular complexity index is 499. The minimum atomic E-state index is -5.84. The fourth-order valence-corrected chi connectivity index (χ4v) is 1.77. The van der Waals surface area contributed by atoms with Crippen LogP contribution in [-0.4, -0.2) is 37.0 Å². The first-order valence-electron chi connectivity index (χ1n) is 7.57. The number of rotatable bonds is 0. The van der Waals surface area contributed by atoms with E-state index in [-0.39, 0.29) is 26.2 Å². The predicted octanol–water partition coefficient (Wildman–Crippen LogP) is 4.69. The molecule has 0 aromatic heterocycles. The zero-order chi connectivity index (χ0) is 21.1. The fourth-order valence-electron chi connectivity index (χ4n) is 1.77. The Kier molecular flexibility index (Phi) is 16.9. The third-order valence-corrected chi connectivity index (χ3v) is 4.25. The Balaban J connectivity index is -0.000000286. The van der Waals surface area contributed by atoms with Crippen LogP contribution in [0.2, 0.25) is 0 Å². The average molecular weight is 532 g/mol. The van der Waals surface area contributed by atoms with Gasteiger partial charge in [-0.15, -0.1) is 0 Å². The van der Waals surface area contributed by atoms with Gasteiger partial charge in [0.2, 0.25) is 0 Å². The van der Waals surface area contributed by atoms with Crippen molar-refractivity contribution in [3.05, 3.63) is 0 Å². The van der Waals surface area contributed by atoms with Crippen LogP contribution in [0.3, 0.4) is 0 Å². The van der Waals surface area contributed by atoms with Crippen molar-refractivity contribution in [1.82, 2.24) is 0 Å². The van der Waals surface area contributed by atoms with E-state index in [1.54, 1.807) is 0 Å². The molecule has 0 aromatic carbocycles. The summed E-state index contributed by atoms with van der Waals surface area (Å²) in [6.45, 7) is 0. The molecule has 2 aliphatic carbocycles. The standard InChI is InChI=1S/2C5H10.2CHF3O3S.Zr/c2*1-2-4-5-3-1;2*2-1(3,4)8(5,6)7;/h2*1-5H2;2*(H,5,6,7);/q;;;;+2. The van der Waals surface area contributed by atoms with Gasteiger partial charge in [-0.25, -0.2) is 0 Å². The van der Waals surface area contributed by atoms with Crippen LogP contribution in [-0.2, 0) is 46.4 Å². The number of halogens is 6. The second kappa shape index (κ2) is 14.3. The minimum absolute atomic E-state index is 0. The molecule has 2 fully saturated rings. The summed E-state index contributed by atoms with van der Waals surface area (Å²) in [5.74, 6) is 0. The van der Waals surface area contributed by atoms with Crippen LogP contribution in [0, 0.1) is 0 Å². The van der Waals surface area contributed by atoms with Gasteiger partial charge < -0.3 is 0 Å². The summed E-state index contributed by atoms with van der Waals surface area (Å²) in [6.07, 6.45) is 15.0. The molecule has 162 valence electrons. The van der Waals surface area contributed by atoms with Crippen LogP contribution >= 0.6 is 0 Å². The zero-order valence-electron chi connectivity index (χ0n) is 14.2. The van der Waals surface area contributed by atoms with Crippen molar-refractivity contribution in [2.24, 2.45) is 0 Å². The van der Waals surface area contributed by atoms with Gasteiger partial charge in [-0.3, -0.25) is 9.11 Å². The molecule has 0 aliphatic heterocycles. The van der Waals surface area contributed by atoms with E-state index < -0.39 is 31.3 Å². The maximum absolute atomic E-state index is 10.7. The van der Waals surface area contributed by atoms with Crippen molar-refractivity contribution in [1.29, 1.82) is 0 Å². The van der Waals surface area contributed by atoms with E-state index in [1.165, 1.54) is 64.2 Å². The molecule has 0 bridgehead atoms. The molecule has 6 nitrogen and oxygen atoms in total. The van der Waals surface area contributed by atoms with Gasteiger partial charge in [0.05, 0.1) is 0 Å². The number of hydrogen-bond donors (Lipinski definition) is 2. The molecule has 0 aromatic rings. The van der Waals surface area contributed by atoms with Crippen LogP contribution in [0.1, 0.15) is 64.2 Å². The maximum Gasteiger partial charge on any atom is 2.00 e. The van der Waals surface area contributed by atoms with E-state index >= 15 is 0 Å². The van der Waals surface area contributed by atoms with Crippen molar-refractivity contribution in [3.63, 3.8) is 0 Å². The molecule has 2 rings (SSSR count). The topological polar surface area (TPSA) is 109 Å². The van der Waals surface area contributed by atoms with E-state index in [0.717, 1.165) is 0 Å². The van der Waals surface area contributed by atoms with Crippen molar-refractivity contribution < 1.29 is 78.5 Å². The largest absolute Gasteiger partial charge is 2.00 e. The molecule has 0 heterocycles. The van der Waals surface area contributed by atoms with Gasteiger partial charge in [-0.05, 0) is 0 Å².